The molecule has 6 heteroatoms. The molecule has 1 fully saturated rings. The van der Waals surface area contributed by atoms with Gasteiger partial charge in [-0.25, -0.2) is 14.0 Å². The third-order valence-electron chi connectivity index (χ3n) is 2.27. The number of amides is 1. The van der Waals surface area contributed by atoms with Crippen LogP contribution in [0.5, 0.6) is 0 Å². The highest BCUT2D eigenvalue weighted by Gasteiger charge is 2.46. The molecule has 1 amide bonds. The summed E-state index contributed by atoms with van der Waals surface area (Å²) in [6, 6.07) is -1.26. The average Bonchev–Trinajstić information content (AvgIpc) is 2.28. The molecular formula is C7H10FNO4. The number of hydrogen-bond acceptors (Lipinski definition) is 2. The molecule has 0 radical (unpaired) electrons. The maximum Gasteiger partial charge on any atom is 0.408 e. The topological polar surface area (TPSA) is 77.8 Å². The van der Waals surface area contributed by atoms with Crippen molar-refractivity contribution >= 4 is 12.1 Å². The Labute approximate surface area is 73.8 Å². The quantitative estimate of drug-likeness (QED) is 0.629. The van der Waals surface area contributed by atoms with E-state index in [1.807, 2.05) is 0 Å². The van der Waals surface area contributed by atoms with Gasteiger partial charge >= 0.3 is 12.1 Å². The van der Waals surface area contributed by atoms with E-state index in [2.05, 4.69) is 0 Å². The standard InChI is InChI=1S/C7H10FNO4/c1-3-4(8)2-9(7(12)13)5(3)6(10)11/h3-5H,2H2,1H3,(H,10,11)(H,12,13)/t3-,4+,5-/m0/s1. The summed E-state index contributed by atoms with van der Waals surface area (Å²) >= 11 is 0. The molecule has 0 aromatic heterocycles. The molecule has 1 rings (SSSR count). The number of halogens is 1. The van der Waals surface area contributed by atoms with E-state index >= 15 is 0 Å². The molecule has 0 spiro atoms. The molecule has 2 N–H and O–H groups in total. The Bertz CT molecular complexity index is 245. The van der Waals surface area contributed by atoms with Gasteiger partial charge < -0.3 is 10.2 Å². The lowest BCUT2D eigenvalue weighted by Crippen LogP contribution is -2.41. The number of aliphatic carboxylic acids is 1. The van der Waals surface area contributed by atoms with Gasteiger partial charge in [-0.05, 0) is 0 Å². The first-order valence-electron chi connectivity index (χ1n) is 3.81. The zero-order chi connectivity index (χ0) is 10.2. The molecule has 74 valence electrons. The van der Waals surface area contributed by atoms with Crippen molar-refractivity contribution in [2.75, 3.05) is 6.54 Å². The molecule has 1 saturated heterocycles. The van der Waals surface area contributed by atoms with E-state index < -0.39 is 30.2 Å². The zero-order valence-electron chi connectivity index (χ0n) is 6.98. The minimum Gasteiger partial charge on any atom is -0.480 e. The Balaban J connectivity index is 2.86. The Hall–Kier alpha value is -1.33. The van der Waals surface area contributed by atoms with E-state index in [0.29, 0.717) is 4.90 Å². The number of rotatable bonds is 1. The van der Waals surface area contributed by atoms with Crippen LogP contribution in [0.15, 0.2) is 0 Å². The second-order valence-corrected chi connectivity index (χ2v) is 3.09. The highest BCUT2D eigenvalue weighted by Crippen LogP contribution is 2.26. The lowest BCUT2D eigenvalue weighted by atomic mass is 10.0. The SMILES string of the molecule is C[C@H]1[C@H](F)CN(C(=O)O)[C@@H]1C(=O)O. The summed E-state index contributed by atoms with van der Waals surface area (Å²) in [5, 5.41) is 17.2. The number of nitrogens with zero attached hydrogens (tertiary/aromatic N) is 1. The molecule has 0 aromatic carbocycles. The van der Waals surface area contributed by atoms with Crippen molar-refractivity contribution in [1.82, 2.24) is 4.90 Å². The van der Waals surface area contributed by atoms with E-state index in [-0.39, 0.29) is 6.54 Å². The predicted molar refractivity (Wildman–Crippen MR) is 40.2 cm³/mol. The van der Waals surface area contributed by atoms with Gasteiger partial charge in [-0.15, -0.1) is 0 Å². The van der Waals surface area contributed by atoms with Crippen LogP contribution in [0.1, 0.15) is 6.92 Å². The van der Waals surface area contributed by atoms with E-state index in [9.17, 15) is 14.0 Å². The van der Waals surface area contributed by atoms with Gasteiger partial charge in [0.05, 0.1) is 6.54 Å². The van der Waals surface area contributed by atoms with Gasteiger partial charge in [0.15, 0.2) is 0 Å². The number of carbonyl (C=O) groups is 2. The molecule has 13 heavy (non-hydrogen) atoms. The zero-order valence-corrected chi connectivity index (χ0v) is 6.98. The summed E-state index contributed by atoms with van der Waals surface area (Å²) < 4.78 is 13.0. The molecule has 1 aliphatic heterocycles. The van der Waals surface area contributed by atoms with Crippen LogP contribution < -0.4 is 0 Å². The van der Waals surface area contributed by atoms with E-state index in [1.54, 1.807) is 0 Å². The first kappa shape index (κ1) is 9.76. The number of hydrogen-bond donors (Lipinski definition) is 2. The van der Waals surface area contributed by atoms with Crippen LogP contribution in [-0.4, -0.2) is 45.9 Å². The van der Waals surface area contributed by atoms with Crippen LogP contribution in [-0.2, 0) is 4.79 Å². The molecule has 0 saturated carbocycles. The van der Waals surface area contributed by atoms with Gasteiger partial charge in [-0.2, -0.15) is 0 Å². The number of carboxylic acid groups (broad SMARTS) is 2. The lowest BCUT2D eigenvalue weighted by Gasteiger charge is -2.18. The van der Waals surface area contributed by atoms with Gasteiger partial charge in [0.25, 0.3) is 0 Å². The maximum absolute atomic E-state index is 13.0. The summed E-state index contributed by atoms with van der Waals surface area (Å²) in [7, 11) is 0. The summed E-state index contributed by atoms with van der Waals surface area (Å²) in [6.45, 7) is 1.04. The first-order valence-corrected chi connectivity index (χ1v) is 3.81. The van der Waals surface area contributed by atoms with E-state index in [4.69, 9.17) is 10.2 Å². The van der Waals surface area contributed by atoms with E-state index in [0.717, 1.165) is 0 Å². The fourth-order valence-electron chi connectivity index (χ4n) is 1.50. The highest BCUT2D eigenvalue weighted by molar-refractivity contribution is 5.80. The van der Waals surface area contributed by atoms with Crippen LogP contribution in [0.4, 0.5) is 9.18 Å². The average molecular weight is 191 g/mol. The molecule has 1 heterocycles. The van der Waals surface area contributed by atoms with Gasteiger partial charge in [-0.3, -0.25) is 4.90 Å². The predicted octanol–water partition coefficient (Wildman–Crippen LogP) is 0.407. The lowest BCUT2D eigenvalue weighted by molar-refractivity contribution is -0.142. The third kappa shape index (κ3) is 1.56. The summed E-state index contributed by atoms with van der Waals surface area (Å²) in [5.74, 6) is -2.08. The maximum atomic E-state index is 13.0. The minimum atomic E-state index is -1.39. The summed E-state index contributed by atoms with van der Waals surface area (Å²) in [4.78, 5) is 21.7. The number of likely N-dealkylation sites (tertiary alicyclic amines) is 1. The normalized spacial score (nSPS) is 33.4. The number of carboxylic acids is 1. The van der Waals surface area contributed by atoms with Crippen LogP contribution in [0.3, 0.4) is 0 Å². The largest absolute Gasteiger partial charge is 0.480 e. The van der Waals surface area contributed by atoms with E-state index in [1.165, 1.54) is 6.92 Å². The Morgan fingerprint density at radius 2 is 2.00 bits per heavy atom. The van der Waals surface area contributed by atoms with Crippen LogP contribution in [0, 0.1) is 5.92 Å². The Morgan fingerprint density at radius 1 is 1.46 bits per heavy atom. The van der Waals surface area contributed by atoms with Crippen molar-refractivity contribution in [3.05, 3.63) is 0 Å². The van der Waals surface area contributed by atoms with Gasteiger partial charge in [0.2, 0.25) is 0 Å². The van der Waals surface area contributed by atoms with Crippen LogP contribution in [0.2, 0.25) is 0 Å². The highest BCUT2D eigenvalue weighted by atomic mass is 19.1. The minimum absolute atomic E-state index is 0.354. The molecule has 0 unspecified atom stereocenters. The van der Waals surface area contributed by atoms with Gasteiger partial charge in [-0.1, -0.05) is 6.92 Å². The van der Waals surface area contributed by atoms with Crippen molar-refractivity contribution in [3.8, 4) is 0 Å². The molecular weight excluding hydrogens is 181 g/mol. The van der Waals surface area contributed by atoms with Crippen molar-refractivity contribution < 1.29 is 24.2 Å². The molecule has 1 aliphatic rings. The fraction of sp³-hybridized carbons (Fsp3) is 0.714. The van der Waals surface area contributed by atoms with Crippen LogP contribution >= 0.6 is 0 Å². The molecule has 5 nitrogen and oxygen atoms in total. The summed E-state index contributed by atoms with van der Waals surface area (Å²) in [6.07, 6.45) is -2.78. The van der Waals surface area contributed by atoms with Crippen molar-refractivity contribution in [2.45, 2.75) is 19.1 Å². The first-order chi connectivity index (χ1) is 5.95. The van der Waals surface area contributed by atoms with Gasteiger partial charge in [0, 0.05) is 5.92 Å². The molecule has 0 aliphatic carbocycles. The number of alkyl halides is 1. The third-order valence-corrected chi connectivity index (χ3v) is 2.27. The monoisotopic (exact) mass is 191 g/mol. The van der Waals surface area contributed by atoms with Crippen molar-refractivity contribution in [3.63, 3.8) is 0 Å². The van der Waals surface area contributed by atoms with Crippen LogP contribution in [0.25, 0.3) is 0 Å². The Kier molecular flexibility index (Phi) is 2.40. The molecule has 3 atom stereocenters. The van der Waals surface area contributed by atoms with Gasteiger partial charge in [0.1, 0.15) is 12.2 Å². The molecule has 0 aromatic rings. The second kappa shape index (κ2) is 3.20. The second-order valence-electron chi connectivity index (χ2n) is 3.09. The summed E-state index contributed by atoms with van der Waals surface area (Å²) in [5.41, 5.74) is 0. The van der Waals surface area contributed by atoms with Crippen molar-refractivity contribution in [2.24, 2.45) is 5.92 Å². The fourth-order valence-corrected chi connectivity index (χ4v) is 1.50. The smallest absolute Gasteiger partial charge is 0.408 e. The molecule has 0 bridgehead atoms. The Morgan fingerprint density at radius 3 is 2.31 bits per heavy atom. The van der Waals surface area contributed by atoms with Crippen molar-refractivity contribution in [1.29, 1.82) is 0 Å².